The second kappa shape index (κ2) is 6.60. The van der Waals surface area contributed by atoms with Crippen LogP contribution >= 0.6 is 11.3 Å². The van der Waals surface area contributed by atoms with Crippen molar-refractivity contribution >= 4 is 16.5 Å². The summed E-state index contributed by atoms with van der Waals surface area (Å²) < 4.78 is 5.91. The van der Waals surface area contributed by atoms with Crippen LogP contribution in [-0.4, -0.2) is 73.3 Å². The molecule has 2 aliphatic heterocycles. The zero-order chi connectivity index (χ0) is 14.8. The van der Waals surface area contributed by atoms with Gasteiger partial charge in [0.15, 0.2) is 5.13 Å². The Morgan fingerprint density at radius 2 is 2.19 bits per heavy atom. The molecular weight excluding hydrogens is 284 g/mol. The molecule has 0 saturated carbocycles. The number of likely N-dealkylation sites (N-methyl/N-ethyl adjacent to an activating group) is 1. The first-order chi connectivity index (χ1) is 10.2. The van der Waals surface area contributed by atoms with E-state index < -0.39 is 0 Å². The topological polar surface area (TPSA) is 31.8 Å². The maximum atomic E-state index is 5.91. The van der Waals surface area contributed by atoms with Crippen molar-refractivity contribution in [1.29, 1.82) is 0 Å². The quantitative estimate of drug-likeness (QED) is 0.823. The summed E-state index contributed by atoms with van der Waals surface area (Å²) in [6.07, 6.45) is 2.43. The van der Waals surface area contributed by atoms with Crippen molar-refractivity contribution in [2.24, 2.45) is 0 Å². The molecule has 0 aliphatic carbocycles. The molecule has 21 heavy (non-hydrogen) atoms. The van der Waals surface area contributed by atoms with Crippen molar-refractivity contribution < 1.29 is 4.74 Å². The predicted octanol–water partition coefficient (Wildman–Crippen LogP) is 1.50. The standard InChI is InChI=1S/C15H26N4OS/c1-4-19(5-2)15-16-8-12(21-15)9-18-10-13-14(11-18)20-7-6-17(13)3/h8,13-14H,4-7,9-11H2,1-3H3. The van der Waals surface area contributed by atoms with E-state index in [1.165, 1.54) is 4.88 Å². The lowest BCUT2D eigenvalue weighted by Crippen LogP contribution is -2.48. The summed E-state index contributed by atoms with van der Waals surface area (Å²) in [5.74, 6) is 0. The number of aromatic nitrogens is 1. The molecule has 3 rings (SSSR count). The van der Waals surface area contributed by atoms with Gasteiger partial charge in [0.25, 0.3) is 0 Å². The highest BCUT2D eigenvalue weighted by molar-refractivity contribution is 7.15. The minimum absolute atomic E-state index is 0.388. The molecule has 0 amide bonds. The number of thiazole rings is 1. The van der Waals surface area contributed by atoms with Gasteiger partial charge < -0.3 is 9.64 Å². The van der Waals surface area contributed by atoms with Gasteiger partial charge in [-0.05, 0) is 20.9 Å². The van der Waals surface area contributed by atoms with E-state index in [0.717, 1.165) is 51.0 Å². The number of likely N-dealkylation sites (tertiary alicyclic amines) is 1. The Labute approximate surface area is 131 Å². The zero-order valence-electron chi connectivity index (χ0n) is 13.3. The van der Waals surface area contributed by atoms with Gasteiger partial charge in [0.1, 0.15) is 0 Å². The molecule has 6 heteroatoms. The van der Waals surface area contributed by atoms with Crippen molar-refractivity contribution in [3.05, 3.63) is 11.1 Å². The molecule has 0 radical (unpaired) electrons. The van der Waals surface area contributed by atoms with E-state index in [1.54, 1.807) is 0 Å². The lowest BCUT2D eigenvalue weighted by molar-refractivity contribution is -0.0370. The van der Waals surface area contributed by atoms with Crippen LogP contribution in [0.15, 0.2) is 6.20 Å². The van der Waals surface area contributed by atoms with Gasteiger partial charge in [-0.1, -0.05) is 0 Å². The minimum Gasteiger partial charge on any atom is -0.374 e. The number of anilines is 1. The second-order valence-electron chi connectivity index (χ2n) is 5.93. The van der Waals surface area contributed by atoms with Crippen molar-refractivity contribution in [2.75, 3.05) is 51.3 Å². The van der Waals surface area contributed by atoms with E-state index in [2.05, 4.69) is 40.6 Å². The third-order valence-corrected chi connectivity index (χ3v) is 5.65. The van der Waals surface area contributed by atoms with Gasteiger partial charge in [-0.2, -0.15) is 0 Å². The van der Waals surface area contributed by atoms with Gasteiger partial charge in [-0.3, -0.25) is 9.80 Å². The summed E-state index contributed by atoms with van der Waals surface area (Å²) in [4.78, 5) is 13.2. The first-order valence-corrected chi connectivity index (χ1v) is 8.76. The summed E-state index contributed by atoms with van der Waals surface area (Å²) >= 11 is 1.83. The van der Waals surface area contributed by atoms with Gasteiger partial charge in [0.05, 0.1) is 12.7 Å². The number of fused-ring (bicyclic) bond motifs is 1. The number of ether oxygens (including phenoxy) is 1. The van der Waals surface area contributed by atoms with Gasteiger partial charge >= 0.3 is 0 Å². The van der Waals surface area contributed by atoms with Crippen molar-refractivity contribution in [2.45, 2.75) is 32.5 Å². The average Bonchev–Trinajstić information content (AvgIpc) is 3.08. The van der Waals surface area contributed by atoms with Gasteiger partial charge in [-0.15, -0.1) is 11.3 Å². The molecule has 0 N–H and O–H groups in total. The van der Waals surface area contributed by atoms with Crippen LogP contribution in [0.5, 0.6) is 0 Å². The van der Waals surface area contributed by atoms with Crippen molar-refractivity contribution in [3.63, 3.8) is 0 Å². The smallest absolute Gasteiger partial charge is 0.185 e. The van der Waals surface area contributed by atoms with E-state index in [9.17, 15) is 0 Å². The largest absolute Gasteiger partial charge is 0.374 e. The zero-order valence-corrected chi connectivity index (χ0v) is 14.1. The van der Waals surface area contributed by atoms with Crippen LogP contribution in [0, 0.1) is 0 Å². The van der Waals surface area contributed by atoms with E-state index in [1.807, 2.05) is 17.5 Å². The Morgan fingerprint density at radius 3 is 2.90 bits per heavy atom. The van der Waals surface area contributed by atoms with E-state index in [-0.39, 0.29) is 0 Å². The summed E-state index contributed by atoms with van der Waals surface area (Å²) in [7, 11) is 2.22. The number of rotatable bonds is 5. The molecule has 2 aliphatic rings. The maximum Gasteiger partial charge on any atom is 0.185 e. The predicted molar refractivity (Wildman–Crippen MR) is 87.1 cm³/mol. The molecule has 0 bridgehead atoms. The molecule has 118 valence electrons. The molecule has 2 unspecified atom stereocenters. The Kier molecular flexibility index (Phi) is 4.78. The third kappa shape index (κ3) is 3.23. The first-order valence-electron chi connectivity index (χ1n) is 7.95. The molecule has 1 aromatic rings. The molecule has 2 saturated heterocycles. The molecule has 5 nitrogen and oxygen atoms in total. The Balaban J connectivity index is 1.60. The highest BCUT2D eigenvalue weighted by atomic mass is 32.1. The van der Waals surface area contributed by atoms with Gasteiger partial charge in [-0.25, -0.2) is 4.98 Å². The fraction of sp³-hybridized carbons (Fsp3) is 0.800. The molecular formula is C15H26N4OS. The van der Waals surface area contributed by atoms with Crippen LogP contribution < -0.4 is 4.90 Å². The summed E-state index contributed by atoms with van der Waals surface area (Å²) in [6.45, 7) is 11.5. The average molecular weight is 310 g/mol. The number of hydrogen-bond acceptors (Lipinski definition) is 6. The van der Waals surface area contributed by atoms with Gasteiger partial charge in [0, 0.05) is 56.4 Å². The fourth-order valence-electron chi connectivity index (χ4n) is 3.29. The SMILES string of the molecule is CCN(CC)c1ncc(CN2CC3OCCN(C)C3C2)s1. The monoisotopic (exact) mass is 310 g/mol. The van der Waals surface area contributed by atoms with E-state index in [0.29, 0.717) is 12.1 Å². The van der Waals surface area contributed by atoms with Crippen LogP contribution in [0.25, 0.3) is 0 Å². The molecule has 1 aromatic heterocycles. The highest BCUT2D eigenvalue weighted by Gasteiger charge is 2.38. The number of morpholine rings is 1. The minimum atomic E-state index is 0.388. The van der Waals surface area contributed by atoms with Crippen LogP contribution in [-0.2, 0) is 11.3 Å². The Hall–Kier alpha value is -0.690. The van der Waals surface area contributed by atoms with Crippen molar-refractivity contribution in [1.82, 2.24) is 14.8 Å². The second-order valence-corrected chi connectivity index (χ2v) is 7.03. The van der Waals surface area contributed by atoms with Crippen LogP contribution in [0.4, 0.5) is 5.13 Å². The molecule has 0 aromatic carbocycles. The number of nitrogens with zero attached hydrogens (tertiary/aromatic N) is 4. The molecule has 0 spiro atoms. The summed E-state index contributed by atoms with van der Waals surface area (Å²) in [5.41, 5.74) is 0. The third-order valence-electron chi connectivity index (χ3n) is 4.61. The van der Waals surface area contributed by atoms with E-state index in [4.69, 9.17) is 4.74 Å². The van der Waals surface area contributed by atoms with Crippen LogP contribution in [0.2, 0.25) is 0 Å². The Morgan fingerprint density at radius 1 is 1.38 bits per heavy atom. The van der Waals surface area contributed by atoms with Crippen molar-refractivity contribution in [3.8, 4) is 0 Å². The first kappa shape index (κ1) is 15.2. The lowest BCUT2D eigenvalue weighted by Gasteiger charge is -2.33. The Bertz CT molecular complexity index is 462. The van der Waals surface area contributed by atoms with E-state index >= 15 is 0 Å². The molecule has 3 heterocycles. The normalized spacial score (nSPS) is 27.0. The highest BCUT2D eigenvalue weighted by Crippen LogP contribution is 2.27. The maximum absolute atomic E-state index is 5.91. The summed E-state index contributed by atoms with van der Waals surface area (Å²) in [5, 5.41) is 1.15. The lowest BCUT2D eigenvalue weighted by atomic mass is 10.1. The van der Waals surface area contributed by atoms with Crippen LogP contribution in [0.1, 0.15) is 18.7 Å². The number of hydrogen-bond donors (Lipinski definition) is 0. The fourth-order valence-corrected chi connectivity index (χ4v) is 4.37. The molecule has 2 atom stereocenters. The van der Waals surface area contributed by atoms with Crippen LogP contribution in [0.3, 0.4) is 0 Å². The van der Waals surface area contributed by atoms with Gasteiger partial charge in [0.2, 0.25) is 0 Å². The summed E-state index contributed by atoms with van der Waals surface area (Å²) in [6, 6.07) is 0.564. The molecule has 2 fully saturated rings.